The van der Waals surface area contributed by atoms with Crippen molar-refractivity contribution in [3.63, 3.8) is 0 Å². The van der Waals surface area contributed by atoms with Crippen LogP contribution in [0.1, 0.15) is 12.5 Å². The first-order valence-corrected chi connectivity index (χ1v) is 10.4. The second kappa shape index (κ2) is 9.15. The minimum atomic E-state index is -1.21. The molecule has 3 amide bonds. The summed E-state index contributed by atoms with van der Waals surface area (Å²) in [7, 11) is 1.55. The highest BCUT2D eigenvalue weighted by Crippen LogP contribution is 2.30. The predicted molar refractivity (Wildman–Crippen MR) is 117 cm³/mol. The number of hydrogen-bond donors (Lipinski definition) is 3. The van der Waals surface area contributed by atoms with E-state index in [1.54, 1.807) is 50.1 Å². The maximum absolute atomic E-state index is 12.9. The fourth-order valence-corrected chi connectivity index (χ4v) is 3.84. The number of thioether (sulfide) groups is 1. The molecule has 1 aliphatic heterocycles. The molecule has 29 heavy (non-hydrogen) atoms. The molecule has 1 heterocycles. The molecule has 152 valence electrons. The van der Waals surface area contributed by atoms with Crippen molar-refractivity contribution in [2.24, 2.45) is 0 Å². The van der Waals surface area contributed by atoms with E-state index in [0.717, 1.165) is 15.7 Å². The fourth-order valence-electron chi connectivity index (χ4n) is 2.86. The van der Waals surface area contributed by atoms with Crippen LogP contribution in [0.5, 0.6) is 5.75 Å². The molecule has 3 N–H and O–H groups in total. The van der Waals surface area contributed by atoms with Crippen molar-refractivity contribution in [2.75, 3.05) is 19.4 Å². The molecule has 1 atom stereocenters. The van der Waals surface area contributed by atoms with Gasteiger partial charge in [-0.05, 0) is 49.0 Å². The first-order valence-electron chi connectivity index (χ1n) is 8.97. The average molecular weight is 431 g/mol. The van der Waals surface area contributed by atoms with E-state index in [4.69, 9.17) is 17.0 Å². The Balaban J connectivity index is 1.56. The first-order chi connectivity index (χ1) is 13.9. The van der Waals surface area contributed by atoms with Gasteiger partial charge in [-0.2, -0.15) is 5.01 Å². The standard InChI is InChI=1S/C20H22N4O3S2/c1-20(14-7-6-8-15(13-14)27-2)17(25)24(19(26)22-20)23-18(28)21-11-12-29-16-9-4-3-5-10-16/h3-10,13H,11-12H2,1-2H3,(H,22,26)(H2,21,23,28). The molecule has 0 aliphatic carbocycles. The molecule has 1 unspecified atom stereocenters. The number of hydrazine groups is 1. The van der Waals surface area contributed by atoms with Gasteiger partial charge in [0, 0.05) is 17.2 Å². The van der Waals surface area contributed by atoms with Crippen LogP contribution in [0.2, 0.25) is 0 Å². The van der Waals surface area contributed by atoms with Gasteiger partial charge in [0.15, 0.2) is 5.11 Å². The van der Waals surface area contributed by atoms with E-state index in [1.807, 2.05) is 30.3 Å². The van der Waals surface area contributed by atoms with Gasteiger partial charge in [-0.25, -0.2) is 4.79 Å². The molecule has 0 spiro atoms. The molecule has 1 aliphatic rings. The molecule has 7 nitrogen and oxygen atoms in total. The molecule has 0 bridgehead atoms. The molecule has 2 aromatic carbocycles. The molecule has 0 radical (unpaired) electrons. The number of benzene rings is 2. The zero-order chi connectivity index (χ0) is 20.9. The fraction of sp³-hybridized carbons (Fsp3) is 0.250. The largest absolute Gasteiger partial charge is 0.497 e. The SMILES string of the molecule is COc1cccc(C2(C)NC(=O)N(NC(=S)NCCSc3ccccc3)C2=O)c1. The van der Waals surface area contributed by atoms with E-state index in [2.05, 4.69) is 16.1 Å². The van der Waals surface area contributed by atoms with Crippen molar-refractivity contribution in [3.8, 4) is 5.75 Å². The van der Waals surface area contributed by atoms with Gasteiger partial charge in [-0.1, -0.05) is 30.3 Å². The van der Waals surface area contributed by atoms with Crippen LogP contribution in [-0.4, -0.2) is 41.5 Å². The number of ether oxygens (including phenoxy) is 1. The number of urea groups is 1. The van der Waals surface area contributed by atoms with E-state index < -0.39 is 17.5 Å². The number of carbonyl (C=O) groups is 2. The van der Waals surface area contributed by atoms with E-state index in [-0.39, 0.29) is 5.11 Å². The summed E-state index contributed by atoms with van der Waals surface area (Å²) in [5, 5.41) is 6.84. The van der Waals surface area contributed by atoms with Crippen LogP contribution < -0.4 is 20.8 Å². The van der Waals surface area contributed by atoms with Crippen LogP contribution in [0.3, 0.4) is 0 Å². The molecule has 2 aromatic rings. The van der Waals surface area contributed by atoms with E-state index in [9.17, 15) is 9.59 Å². The monoisotopic (exact) mass is 430 g/mol. The minimum Gasteiger partial charge on any atom is -0.497 e. The molecule has 1 fully saturated rings. The highest BCUT2D eigenvalue weighted by atomic mass is 32.2. The van der Waals surface area contributed by atoms with Crippen LogP contribution >= 0.6 is 24.0 Å². The molecule has 3 rings (SSSR count). The van der Waals surface area contributed by atoms with Crippen LogP contribution in [0.15, 0.2) is 59.5 Å². The van der Waals surface area contributed by atoms with Gasteiger partial charge in [-0.15, -0.1) is 11.8 Å². The Hall–Kier alpha value is -2.78. The summed E-state index contributed by atoms with van der Waals surface area (Å²) in [4.78, 5) is 26.5. The lowest BCUT2D eigenvalue weighted by atomic mass is 9.92. The Bertz CT molecular complexity index is 910. The molecule has 9 heteroatoms. The van der Waals surface area contributed by atoms with Crippen LogP contribution in [0.4, 0.5) is 4.79 Å². The van der Waals surface area contributed by atoms with Crippen molar-refractivity contribution in [3.05, 3.63) is 60.2 Å². The summed E-state index contributed by atoms with van der Waals surface area (Å²) in [6.45, 7) is 2.23. The highest BCUT2D eigenvalue weighted by molar-refractivity contribution is 7.99. The summed E-state index contributed by atoms with van der Waals surface area (Å²) in [6, 6.07) is 16.5. The molecular formula is C20H22N4O3S2. The number of thiocarbonyl (C=S) groups is 1. The minimum absolute atomic E-state index is 0.206. The summed E-state index contributed by atoms with van der Waals surface area (Å²) in [5.41, 5.74) is 2.09. The van der Waals surface area contributed by atoms with Gasteiger partial charge in [0.05, 0.1) is 7.11 Å². The molecule has 1 saturated heterocycles. The van der Waals surface area contributed by atoms with Gasteiger partial charge in [-0.3, -0.25) is 10.2 Å². The molecule has 0 aromatic heterocycles. The topological polar surface area (TPSA) is 82.7 Å². The smallest absolute Gasteiger partial charge is 0.344 e. The lowest BCUT2D eigenvalue weighted by Gasteiger charge is -2.23. The van der Waals surface area contributed by atoms with E-state index in [1.165, 1.54) is 0 Å². The first kappa shape index (κ1) is 20.9. The number of amides is 3. The van der Waals surface area contributed by atoms with Crippen molar-refractivity contribution >= 4 is 41.0 Å². The number of rotatable bonds is 7. The third kappa shape index (κ3) is 4.80. The van der Waals surface area contributed by atoms with E-state index >= 15 is 0 Å². The lowest BCUT2D eigenvalue weighted by molar-refractivity contribution is -0.132. The van der Waals surface area contributed by atoms with E-state index in [0.29, 0.717) is 17.9 Å². The number of nitrogens with zero attached hydrogens (tertiary/aromatic N) is 1. The number of hydrogen-bond acceptors (Lipinski definition) is 5. The zero-order valence-corrected chi connectivity index (χ0v) is 17.7. The highest BCUT2D eigenvalue weighted by Gasteiger charge is 2.49. The maximum Gasteiger partial charge on any atom is 0.344 e. The Morgan fingerprint density at radius 3 is 2.69 bits per heavy atom. The summed E-state index contributed by atoms with van der Waals surface area (Å²) in [6.07, 6.45) is 0. The summed E-state index contributed by atoms with van der Waals surface area (Å²) < 4.78 is 5.21. The maximum atomic E-state index is 12.9. The quantitative estimate of drug-likeness (QED) is 0.270. The normalized spacial score (nSPS) is 18.3. The van der Waals surface area contributed by atoms with Crippen molar-refractivity contribution < 1.29 is 14.3 Å². The van der Waals surface area contributed by atoms with Gasteiger partial charge in [0.25, 0.3) is 5.91 Å². The van der Waals surface area contributed by atoms with Gasteiger partial charge >= 0.3 is 6.03 Å². The third-order valence-electron chi connectivity index (χ3n) is 4.45. The van der Waals surface area contributed by atoms with Crippen LogP contribution in [0.25, 0.3) is 0 Å². The lowest BCUT2D eigenvalue weighted by Crippen LogP contribution is -2.51. The zero-order valence-electron chi connectivity index (χ0n) is 16.1. The van der Waals surface area contributed by atoms with Crippen LogP contribution in [-0.2, 0) is 10.3 Å². The van der Waals surface area contributed by atoms with Crippen molar-refractivity contribution in [1.29, 1.82) is 0 Å². The third-order valence-corrected chi connectivity index (χ3v) is 5.70. The van der Waals surface area contributed by atoms with Crippen LogP contribution in [0, 0.1) is 0 Å². The molecule has 0 saturated carbocycles. The second-order valence-corrected chi connectivity index (χ2v) is 8.03. The van der Waals surface area contributed by atoms with Gasteiger partial charge in [0.1, 0.15) is 11.3 Å². The molecular weight excluding hydrogens is 408 g/mol. The number of methoxy groups -OCH3 is 1. The average Bonchev–Trinajstić information content (AvgIpc) is 2.96. The van der Waals surface area contributed by atoms with Gasteiger partial charge < -0.3 is 15.4 Å². The number of carbonyl (C=O) groups excluding carboxylic acids is 2. The Labute approximate surface area is 179 Å². The summed E-state index contributed by atoms with van der Waals surface area (Å²) in [5.74, 6) is 0.942. The predicted octanol–water partition coefficient (Wildman–Crippen LogP) is 2.63. The van der Waals surface area contributed by atoms with Crippen molar-refractivity contribution in [1.82, 2.24) is 21.1 Å². The number of imide groups is 1. The van der Waals surface area contributed by atoms with Gasteiger partial charge in [0.2, 0.25) is 0 Å². The Morgan fingerprint density at radius 2 is 1.97 bits per heavy atom. The Morgan fingerprint density at radius 1 is 1.21 bits per heavy atom. The Kier molecular flexibility index (Phi) is 6.60. The van der Waals surface area contributed by atoms with Crippen molar-refractivity contribution in [2.45, 2.75) is 17.4 Å². The number of nitrogens with one attached hydrogen (secondary N) is 3. The second-order valence-electron chi connectivity index (χ2n) is 6.46. The summed E-state index contributed by atoms with van der Waals surface area (Å²) >= 11 is 6.92.